The Labute approximate surface area is 160 Å². The van der Waals surface area contributed by atoms with Crippen molar-refractivity contribution in [3.8, 4) is 23.0 Å². The van der Waals surface area contributed by atoms with Crippen LogP contribution in [0.3, 0.4) is 0 Å². The summed E-state index contributed by atoms with van der Waals surface area (Å²) in [4.78, 5) is 24.9. The van der Waals surface area contributed by atoms with Crippen molar-refractivity contribution in [3.63, 3.8) is 0 Å². The number of amides is 2. The summed E-state index contributed by atoms with van der Waals surface area (Å²) in [7, 11) is 0. The molecule has 1 aliphatic rings. The van der Waals surface area contributed by atoms with Gasteiger partial charge in [0.15, 0.2) is 0 Å². The van der Waals surface area contributed by atoms with E-state index in [4.69, 9.17) is 5.73 Å². The van der Waals surface area contributed by atoms with Gasteiger partial charge in [-0.3, -0.25) is 9.59 Å². The summed E-state index contributed by atoms with van der Waals surface area (Å²) in [5.74, 6) is 3.57. The van der Waals surface area contributed by atoms with Crippen LogP contribution in [0.4, 0.5) is 13.2 Å². The van der Waals surface area contributed by atoms with Crippen LogP contribution in [0.1, 0.15) is 24.0 Å². The van der Waals surface area contributed by atoms with Crippen molar-refractivity contribution < 1.29 is 22.8 Å². The number of halogens is 3. The van der Waals surface area contributed by atoms with E-state index in [1.54, 1.807) is 30.3 Å². The number of hydrogen-bond donors (Lipinski definition) is 1. The van der Waals surface area contributed by atoms with Gasteiger partial charge >= 0.3 is 6.18 Å². The molecule has 1 heterocycles. The molecule has 4 nitrogen and oxygen atoms in total. The molecule has 0 bridgehead atoms. The second kappa shape index (κ2) is 7.77. The van der Waals surface area contributed by atoms with Gasteiger partial charge in [0.1, 0.15) is 6.04 Å². The molecular weight excluding hydrogens is 369 g/mol. The van der Waals surface area contributed by atoms with Crippen molar-refractivity contribution in [1.82, 2.24) is 4.90 Å². The maximum absolute atomic E-state index is 13.5. The largest absolute Gasteiger partial charge is 0.417 e. The fourth-order valence-corrected chi connectivity index (χ4v) is 3.23. The predicted molar refractivity (Wildman–Crippen MR) is 97.7 cm³/mol. The molecule has 1 atom stereocenters. The first-order valence-corrected chi connectivity index (χ1v) is 8.66. The number of likely N-dealkylation sites (tertiary alicyclic amines) is 1. The summed E-state index contributed by atoms with van der Waals surface area (Å²) < 4.78 is 40.6. The molecule has 2 amide bonds. The molecule has 1 saturated heterocycles. The lowest BCUT2D eigenvalue weighted by Crippen LogP contribution is -2.43. The second-order valence-corrected chi connectivity index (χ2v) is 6.43. The van der Waals surface area contributed by atoms with Gasteiger partial charge < -0.3 is 10.6 Å². The smallest absolute Gasteiger partial charge is 0.368 e. The van der Waals surface area contributed by atoms with Gasteiger partial charge in [0.05, 0.1) is 5.56 Å². The third-order valence-corrected chi connectivity index (χ3v) is 4.57. The highest BCUT2D eigenvalue weighted by Gasteiger charge is 2.34. The van der Waals surface area contributed by atoms with Crippen molar-refractivity contribution in [3.05, 3.63) is 59.7 Å². The molecular formula is C21H17F3N2O2. The number of nitrogens with zero attached hydrogens (tertiary/aromatic N) is 1. The van der Waals surface area contributed by atoms with Crippen LogP contribution in [0.5, 0.6) is 0 Å². The molecule has 28 heavy (non-hydrogen) atoms. The standard InChI is InChI=1S/C21H17F3N2O2/c22-21(23,24)17-13-14(8-10-16(17)15-5-2-1-3-6-15)9-11-19(27)26-12-4-7-18(26)20(25)28/h1-3,5-6,8,10,13,18H,4,7,12H2,(H2,25,28)/t18-/m1/s1. The van der Waals surface area contributed by atoms with E-state index in [9.17, 15) is 22.8 Å². The number of rotatable bonds is 2. The topological polar surface area (TPSA) is 63.4 Å². The summed E-state index contributed by atoms with van der Waals surface area (Å²) >= 11 is 0. The Bertz CT molecular complexity index is 959. The summed E-state index contributed by atoms with van der Waals surface area (Å²) in [5, 5.41) is 0. The molecule has 1 fully saturated rings. The Morgan fingerprint density at radius 2 is 1.82 bits per heavy atom. The van der Waals surface area contributed by atoms with E-state index in [0.29, 0.717) is 24.9 Å². The maximum Gasteiger partial charge on any atom is 0.417 e. The zero-order valence-corrected chi connectivity index (χ0v) is 14.8. The quantitative estimate of drug-likeness (QED) is 0.806. The number of benzene rings is 2. The molecule has 0 spiro atoms. The van der Waals surface area contributed by atoms with Crippen molar-refractivity contribution >= 4 is 11.8 Å². The van der Waals surface area contributed by atoms with Crippen molar-refractivity contribution in [1.29, 1.82) is 0 Å². The summed E-state index contributed by atoms with van der Waals surface area (Å²) in [6.07, 6.45) is -3.48. The number of carbonyl (C=O) groups excluding carboxylic acids is 2. The molecule has 1 aliphatic heterocycles. The van der Waals surface area contributed by atoms with Gasteiger partial charge in [-0.1, -0.05) is 42.3 Å². The number of hydrogen-bond acceptors (Lipinski definition) is 2. The van der Waals surface area contributed by atoms with Crippen LogP contribution in [0.25, 0.3) is 11.1 Å². The number of alkyl halides is 3. The SMILES string of the molecule is NC(=O)[C@H]1CCCN1C(=O)C#Cc1ccc(-c2ccccc2)c(C(F)(F)F)c1. The van der Waals surface area contributed by atoms with E-state index in [1.165, 1.54) is 17.0 Å². The monoisotopic (exact) mass is 386 g/mol. The highest BCUT2D eigenvalue weighted by Crippen LogP contribution is 2.37. The van der Waals surface area contributed by atoms with E-state index in [0.717, 1.165) is 6.07 Å². The fraction of sp³-hybridized carbons (Fsp3) is 0.238. The normalized spacial score (nSPS) is 16.4. The highest BCUT2D eigenvalue weighted by molar-refractivity contribution is 5.97. The molecule has 0 unspecified atom stereocenters. The Morgan fingerprint density at radius 1 is 1.11 bits per heavy atom. The maximum atomic E-state index is 13.5. The predicted octanol–water partition coefficient (Wildman–Crippen LogP) is 3.20. The van der Waals surface area contributed by atoms with Crippen LogP contribution in [-0.4, -0.2) is 29.3 Å². The molecule has 0 aliphatic carbocycles. The van der Waals surface area contributed by atoms with E-state index >= 15 is 0 Å². The van der Waals surface area contributed by atoms with Crippen LogP contribution in [-0.2, 0) is 15.8 Å². The first kappa shape index (κ1) is 19.5. The zero-order valence-electron chi connectivity index (χ0n) is 14.8. The Hall–Kier alpha value is -3.27. The van der Waals surface area contributed by atoms with Gasteiger partial charge in [-0.05, 0) is 36.1 Å². The van der Waals surface area contributed by atoms with Crippen molar-refractivity contribution in [2.45, 2.75) is 25.1 Å². The summed E-state index contributed by atoms with van der Waals surface area (Å²) in [6.45, 7) is 0.349. The van der Waals surface area contributed by atoms with Crippen LogP contribution in [0.2, 0.25) is 0 Å². The Kier molecular flexibility index (Phi) is 5.41. The fourth-order valence-electron chi connectivity index (χ4n) is 3.23. The van der Waals surface area contributed by atoms with E-state index < -0.39 is 29.6 Å². The second-order valence-electron chi connectivity index (χ2n) is 6.43. The molecule has 2 aromatic rings. The van der Waals surface area contributed by atoms with Gasteiger partial charge in [0, 0.05) is 18.0 Å². The first-order valence-electron chi connectivity index (χ1n) is 8.66. The molecule has 7 heteroatoms. The van der Waals surface area contributed by atoms with E-state index in [2.05, 4.69) is 11.8 Å². The van der Waals surface area contributed by atoms with E-state index in [-0.39, 0.29) is 11.1 Å². The zero-order chi connectivity index (χ0) is 20.3. The van der Waals surface area contributed by atoms with Gasteiger partial charge in [0.25, 0.3) is 5.91 Å². The van der Waals surface area contributed by atoms with Gasteiger partial charge in [-0.25, -0.2) is 0 Å². The lowest BCUT2D eigenvalue weighted by molar-refractivity contribution is -0.137. The van der Waals surface area contributed by atoms with Gasteiger partial charge in [-0.15, -0.1) is 0 Å². The van der Waals surface area contributed by atoms with Crippen LogP contribution in [0.15, 0.2) is 48.5 Å². The minimum absolute atomic E-state index is 0.0401. The third-order valence-electron chi connectivity index (χ3n) is 4.57. The molecule has 0 aromatic heterocycles. The molecule has 2 N–H and O–H groups in total. The number of primary amides is 1. The molecule has 0 radical (unpaired) electrons. The van der Waals surface area contributed by atoms with Gasteiger partial charge in [-0.2, -0.15) is 13.2 Å². The Morgan fingerprint density at radius 3 is 2.46 bits per heavy atom. The minimum atomic E-state index is -4.57. The van der Waals surface area contributed by atoms with Crippen molar-refractivity contribution in [2.75, 3.05) is 6.54 Å². The minimum Gasteiger partial charge on any atom is -0.368 e. The average Bonchev–Trinajstić information content (AvgIpc) is 3.16. The summed E-state index contributed by atoms with van der Waals surface area (Å²) in [6, 6.07) is 11.2. The van der Waals surface area contributed by atoms with Crippen molar-refractivity contribution in [2.24, 2.45) is 5.73 Å². The first-order chi connectivity index (χ1) is 13.3. The lowest BCUT2D eigenvalue weighted by Gasteiger charge is -2.19. The van der Waals surface area contributed by atoms with Crippen LogP contribution >= 0.6 is 0 Å². The summed E-state index contributed by atoms with van der Waals surface area (Å²) in [5.41, 5.74) is 4.98. The molecule has 144 valence electrons. The lowest BCUT2D eigenvalue weighted by atomic mass is 9.97. The molecule has 2 aromatic carbocycles. The Balaban J connectivity index is 1.91. The molecule has 0 saturated carbocycles. The van der Waals surface area contributed by atoms with Crippen LogP contribution < -0.4 is 5.73 Å². The number of nitrogens with two attached hydrogens (primary N) is 1. The third kappa shape index (κ3) is 4.17. The van der Waals surface area contributed by atoms with Crippen LogP contribution in [0, 0.1) is 11.8 Å². The number of carbonyl (C=O) groups is 2. The average molecular weight is 386 g/mol. The highest BCUT2D eigenvalue weighted by atomic mass is 19.4. The molecule has 3 rings (SSSR count). The van der Waals surface area contributed by atoms with Gasteiger partial charge in [0.2, 0.25) is 5.91 Å². The van der Waals surface area contributed by atoms with E-state index in [1.807, 2.05) is 0 Å².